The van der Waals surface area contributed by atoms with Crippen LogP contribution in [0.2, 0.25) is 0 Å². The van der Waals surface area contributed by atoms with E-state index in [1.54, 1.807) is 6.92 Å². The monoisotopic (exact) mass is 285 g/mol. The molecule has 0 bridgehead atoms. The molecule has 1 aliphatic rings. The molecule has 19 heavy (non-hydrogen) atoms. The quantitative estimate of drug-likeness (QED) is 0.781. The minimum Gasteiger partial charge on any atom is -0.293 e. The summed E-state index contributed by atoms with van der Waals surface area (Å²) in [4.78, 5) is 13.9. The lowest BCUT2D eigenvalue weighted by Gasteiger charge is -2.32. The summed E-state index contributed by atoms with van der Waals surface area (Å²) in [6.07, 6.45) is 0. The molecule has 0 spiro atoms. The van der Waals surface area contributed by atoms with Crippen LogP contribution in [0.15, 0.2) is 24.3 Å². The molecule has 0 aliphatic carbocycles. The first-order valence-electron chi connectivity index (χ1n) is 6.10. The predicted octanol–water partition coefficient (Wildman–Crippen LogP) is 1.13. The molecule has 0 N–H and O–H groups in total. The lowest BCUT2D eigenvalue weighted by Crippen LogP contribution is -2.48. The van der Waals surface area contributed by atoms with Crippen molar-refractivity contribution < 1.29 is 17.6 Å². The summed E-state index contributed by atoms with van der Waals surface area (Å²) in [7, 11) is -2.97. The van der Waals surface area contributed by atoms with Gasteiger partial charge < -0.3 is 0 Å². The van der Waals surface area contributed by atoms with E-state index in [0.717, 1.165) is 0 Å². The van der Waals surface area contributed by atoms with Crippen LogP contribution in [0.5, 0.6) is 0 Å². The van der Waals surface area contributed by atoms with Crippen LogP contribution in [-0.4, -0.2) is 49.7 Å². The number of carbonyl (C=O) groups excluding carboxylic acids is 1. The molecule has 1 aromatic rings. The number of rotatable bonds is 3. The summed E-state index contributed by atoms with van der Waals surface area (Å²) < 4.78 is 35.7. The largest absolute Gasteiger partial charge is 0.293 e. The van der Waals surface area contributed by atoms with Gasteiger partial charge in [-0.05, 0) is 31.2 Å². The van der Waals surface area contributed by atoms with Crippen molar-refractivity contribution in [3.8, 4) is 0 Å². The minimum atomic E-state index is -2.97. The van der Waals surface area contributed by atoms with Crippen LogP contribution in [0.3, 0.4) is 0 Å². The first-order chi connectivity index (χ1) is 8.87. The molecule has 1 aromatic carbocycles. The van der Waals surface area contributed by atoms with Crippen molar-refractivity contribution in [2.24, 2.45) is 0 Å². The van der Waals surface area contributed by atoms with Gasteiger partial charge in [-0.2, -0.15) is 0 Å². The van der Waals surface area contributed by atoms with Crippen LogP contribution in [0.4, 0.5) is 4.39 Å². The number of hydrogen-bond acceptors (Lipinski definition) is 4. The fraction of sp³-hybridized carbons (Fsp3) is 0.462. The maximum atomic E-state index is 12.8. The second-order valence-corrected chi connectivity index (χ2v) is 7.09. The van der Waals surface area contributed by atoms with E-state index in [2.05, 4.69) is 0 Å². The van der Waals surface area contributed by atoms with E-state index in [9.17, 15) is 17.6 Å². The van der Waals surface area contributed by atoms with Gasteiger partial charge in [-0.1, -0.05) is 0 Å². The van der Waals surface area contributed by atoms with Gasteiger partial charge in [-0.25, -0.2) is 12.8 Å². The second kappa shape index (κ2) is 5.38. The van der Waals surface area contributed by atoms with Gasteiger partial charge in [0.05, 0.1) is 18.1 Å². The van der Waals surface area contributed by atoms with Gasteiger partial charge >= 0.3 is 0 Å². The van der Waals surface area contributed by atoms with E-state index in [4.69, 9.17) is 0 Å². The van der Waals surface area contributed by atoms with Crippen LogP contribution in [0, 0.1) is 5.82 Å². The van der Waals surface area contributed by atoms with Crippen LogP contribution >= 0.6 is 0 Å². The first-order valence-corrected chi connectivity index (χ1v) is 7.93. The molecule has 0 radical (unpaired) electrons. The Labute approximate surface area is 112 Å². The highest BCUT2D eigenvalue weighted by Crippen LogP contribution is 2.13. The zero-order valence-electron chi connectivity index (χ0n) is 10.7. The van der Waals surface area contributed by atoms with Crippen molar-refractivity contribution in [3.63, 3.8) is 0 Å². The van der Waals surface area contributed by atoms with E-state index in [-0.39, 0.29) is 35.7 Å². The summed E-state index contributed by atoms with van der Waals surface area (Å²) >= 11 is 0. The van der Waals surface area contributed by atoms with Gasteiger partial charge in [-0.3, -0.25) is 9.69 Å². The number of sulfone groups is 1. The molecule has 6 heteroatoms. The van der Waals surface area contributed by atoms with Crippen molar-refractivity contribution in [1.29, 1.82) is 0 Å². The third-order valence-corrected chi connectivity index (χ3v) is 5.12. The molecule has 4 nitrogen and oxygen atoms in total. The maximum absolute atomic E-state index is 12.8. The van der Waals surface area contributed by atoms with Crippen molar-refractivity contribution in [3.05, 3.63) is 35.6 Å². The summed E-state index contributed by atoms with van der Waals surface area (Å²) in [5.41, 5.74) is 0.446. The Morgan fingerprint density at radius 1 is 1.37 bits per heavy atom. The highest BCUT2D eigenvalue weighted by molar-refractivity contribution is 7.91. The Hall–Kier alpha value is -1.27. The lowest BCUT2D eigenvalue weighted by atomic mass is 10.1. The Kier molecular flexibility index (Phi) is 4.01. The van der Waals surface area contributed by atoms with Crippen LogP contribution in [0.25, 0.3) is 0 Å². The molecule has 1 heterocycles. The number of benzene rings is 1. The predicted molar refractivity (Wildman–Crippen MR) is 70.4 cm³/mol. The number of hydrogen-bond donors (Lipinski definition) is 0. The molecule has 0 aromatic heterocycles. The highest BCUT2D eigenvalue weighted by atomic mass is 32.2. The van der Waals surface area contributed by atoms with E-state index in [1.165, 1.54) is 24.3 Å². The number of nitrogens with zero attached hydrogens (tertiary/aromatic N) is 1. The average molecular weight is 285 g/mol. The van der Waals surface area contributed by atoms with Crippen molar-refractivity contribution in [1.82, 2.24) is 4.90 Å². The van der Waals surface area contributed by atoms with E-state index in [1.807, 2.05) is 4.90 Å². The SMILES string of the molecule is CC1CS(=O)(=O)CCN1CC(=O)c1ccc(F)cc1. The Morgan fingerprint density at radius 3 is 2.58 bits per heavy atom. The minimum absolute atomic E-state index is 0.0870. The van der Waals surface area contributed by atoms with Gasteiger partial charge in [0.25, 0.3) is 0 Å². The summed E-state index contributed by atoms with van der Waals surface area (Å²) in [5, 5.41) is 0. The smallest absolute Gasteiger partial charge is 0.176 e. The Balaban J connectivity index is 2.02. The van der Waals surface area contributed by atoms with Crippen molar-refractivity contribution >= 4 is 15.6 Å². The molecule has 1 aliphatic heterocycles. The van der Waals surface area contributed by atoms with Gasteiger partial charge in [0.15, 0.2) is 15.6 Å². The third kappa shape index (κ3) is 3.61. The fourth-order valence-electron chi connectivity index (χ4n) is 2.18. The molecule has 1 fully saturated rings. The third-order valence-electron chi connectivity index (χ3n) is 3.32. The van der Waals surface area contributed by atoms with Crippen LogP contribution in [-0.2, 0) is 9.84 Å². The number of ketones is 1. The number of halogens is 1. The van der Waals surface area contributed by atoms with Gasteiger partial charge in [0.1, 0.15) is 5.82 Å². The van der Waals surface area contributed by atoms with Crippen molar-refractivity contribution in [2.45, 2.75) is 13.0 Å². The zero-order valence-corrected chi connectivity index (χ0v) is 11.5. The summed E-state index contributed by atoms with van der Waals surface area (Å²) in [5.74, 6) is -0.322. The van der Waals surface area contributed by atoms with Crippen molar-refractivity contribution in [2.75, 3.05) is 24.6 Å². The normalized spacial score (nSPS) is 23.2. The molecule has 104 valence electrons. The van der Waals surface area contributed by atoms with Crippen LogP contribution < -0.4 is 0 Å². The van der Waals surface area contributed by atoms with E-state index < -0.39 is 9.84 Å². The Bertz CT molecular complexity index is 568. The van der Waals surface area contributed by atoms with Crippen LogP contribution in [0.1, 0.15) is 17.3 Å². The van der Waals surface area contributed by atoms with E-state index in [0.29, 0.717) is 12.1 Å². The molecule has 0 amide bonds. The number of carbonyl (C=O) groups is 1. The molecule has 1 saturated heterocycles. The fourth-order valence-corrected chi connectivity index (χ4v) is 3.80. The molecule has 2 rings (SSSR count). The van der Waals surface area contributed by atoms with E-state index >= 15 is 0 Å². The molecular formula is C13H16FNO3S. The van der Waals surface area contributed by atoms with Gasteiger partial charge in [0.2, 0.25) is 0 Å². The average Bonchev–Trinajstić information content (AvgIpc) is 2.33. The molecular weight excluding hydrogens is 269 g/mol. The highest BCUT2D eigenvalue weighted by Gasteiger charge is 2.29. The second-order valence-electron chi connectivity index (χ2n) is 4.86. The lowest BCUT2D eigenvalue weighted by molar-refractivity contribution is 0.0908. The number of Topliss-reactive ketones (excluding diaryl/α,β-unsaturated/α-hetero) is 1. The standard InChI is InChI=1S/C13H16FNO3S/c1-10-9-19(17,18)7-6-15(10)8-13(16)11-2-4-12(14)5-3-11/h2-5,10H,6-9H2,1H3. The van der Waals surface area contributed by atoms with Gasteiger partial charge in [0, 0.05) is 18.2 Å². The first kappa shape index (κ1) is 14.1. The molecule has 1 atom stereocenters. The topological polar surface area (TPSA) is 54.5 Å². The summed E-state index contributed by atoms with van der Waals surface area (Å²) in [6.45, 7) is 2.34. The van der Waals surface area contributed by atoms with Gasteiger partial charge in [-0.15, -0.1) is 0 Å². The summed E-state index contributed by atoms with van der Waals surface area (Å²) in [6, 6.07) is 5.23. The Morgan fingerprint density at radius 2 is 2.00 bits per heavy atom. The molecule has 1 unspecified atom stereocenters. The zero-order chi connectivity index (χ0) is 14.0. The maximum Gasteiger partial charge on any atom is 0.176 e. The molecule has 0 saturated carbocycles.